The minimum Gasteiger partial charge on any atom is -0.485 e. The Morgan fingerprint density at radius 1 is 1.06 bits per heavy atom. The molecule has 34 heavy (non-hydrogen) atoms. The molecule has 4 heterocycles. The number of carbonyl (C=O) groups is 2. The van der Waals surface area contributed by atoms with E-state index in [1.54, 1.807) is 34.2 Å². The first-order chi connectivity index (χ1) is 16.6. The van der Waals surface area contributed by atoms with Gasteiger partial charge in [-0.1, -0.05) is 29.1 Å². The summed E-state index contributed by atoms with van der Waals surface area (Å²) in [5, 5.41) is 4.65. The first-order valence-corrected chi connectivity index (χ1v) is 12.0. The van der Waals surface area contributed by atoms with Crippen LogP contribution in [-0.4, -0.2) is 70.6 Å². The van der Waals surface area contributed by atoms with Gasteiger partial charge in [0, 0.05) is 44.2 Å². The average Bonchev–Trinajstić information content (AvgIpc) is 3.31. The summed E-state index contributed by atoms with van der Waals surface area (Å²) in [6.07, 6.45) is 0.993. The molecule has 2 amide bonds. The molecule has 2 aliphatic rings. The second-order valence-corrected chi connectivity index (χ2v) is 9.02. The van der Waals surface area contributed by atoms with Crippen LogP contribution in [0.25, 0.3) is 0 Å². The molecular weight excluding hydrogens is 456 g/mol. The summed E-state index contributed by atoms with van der Waals surface area (Å²) in [5.41, 5.74) is 1.35. The van der Waals surface area contributed by atoms with Crippen LogP contribution in [0.5, 0.6) is 11.5 Å². The van der Waals surface area contributed by atoms with Gasteiger partial charge in [0.05, 0.1) is 11.3 Å². The van der Waals surface area contributed by atoms with E-state index in [2.05, 4.69) is 10.1 Å². The van der Waals surface area contributed by atoms with Crippen LogP contribution in [0.15, 0.2) is 58.2 Å². The van der Waals surface area contributed by atoms with Crippen molar-refractivity contribution >= 4 is 23.6 Å². The van der Waals surface area contributed by atoms with E-state index in [4.69, 9.17) is 14.0 Å². The van der Waals surface area contributed by atoms with E-state index >= 15 is 0 Å². The third-order valence-electron chi connectivity index (χ3n) is 5.70. The van der Waals surface area contributed by atoms with Gasteiger partial charge in [-0.05, 0) is 31.2 Å². The Morgan fingerprint density at radius 3 is 2.59 bits per heavy atom. The Labute approximate surface area is 201 Å². The number of para-hydroxylation sites is 2. The van der Waals surface area contributed by atoms with Crippen molar-refractivity contribution in [3.05, 3.63) is 65.7 Å². The molecule has 0 bridgehead atoms. The van der Waals surface area contributed by atoms with Crippen LogP contribution in [0.3, 0.4) is 0 Å². The third-order valence-corrected chi connectivity index (χ3v) is 6.74. The van der Waals surface area contributed by atoms with Crippen LogP contribution in [0.1, 0.15) is 21.8 Å². The Morgan fingerprint density at radius 2 is 1.82 bits per heavy atom. The molecule has 10 heteroatoms. The Kier molecular flexibility index (Phi) is 6.39. The second kappa shape index (κ2) is 9.76. The quantitative estimate of drug-likeness (QED) is 0.514. The van der Waals surface area contributed by atoms with Crippen molar-refractivity contribution in [2.75, 3.05) is 32.8 Å². The molecule has 1 fully saturated rings. The SMILES string of the molecule is Cc1cc(CSc2ncccc2C(=O)N2CCN(C(=O)[C@@H]3COc4ccccc4O3)CC2)no1. The number of amides is 2. The van der Waals surface area contributed by atoms with Gasteiger partial charge in [-0.2, -0.15) is 0 Å². The zero-order chi connectivity index (χ0) is 23.5. The molecule has 0 unspecified atom stereocenters. The number of hydrogen-bond acceptors (Lipinski definition) is 8. The van der Waals surface area contributed by atoms with Crippen LogP contribution in [0.2, 0.25) is 0 Å². The summed E-state index contributed by atoms with van der Waals surface area (Å²) in [6, 6.07) is 12.7. The lowest BCUT2D eigenvalue weighted by Gasteiger charge is -2.37. The molecule has 2 aromatic heterocycles. The van der Waals surface area contributed by atoms with E-state index in [0.29, 0.717) is 54.0 Å². The van der Waals surface area contributed by atoms with E-state index < -0.39 is 6.10 Å². The van der Waals surface area contributed by atoms with Gasteiger partial charge >= 0.3 is 0 Å². The van der Waals surface area contributed by atoms with Crippen molar-refractivity contribution < 1.29 is 23.6 Å². The highest BCUT2D eigenvalue weighted by atomic mass is 32.2. The molecule has 1 saturated heterocycles. The van der Waals surface area contributed by atoms with Gasteiger partial charge in [-0.3, -0.25) is 9.59 Å². The zero-order valence-electron chi connectivity index (χ0n) is 18.7. The van der Waals surface area contributed by atoms with Crippen molar-refractivity contribution in [3.8, 4) is 11.5 Å². The van der Waals surface area contributed by atoms with Crippen molar-refractivity contribution in [3.63, 3.8) is 0 Å². The van der Waals surface area contributed by atoms with Crippen LogP contribution in [-0.2, 0) is 10.5 Å². The molecule has 2 aliphatic heterocycles. The summed E-state index contributed by atoms with van der Waals surface area (Å²) < 4.78 is 16.6. The monoisotopic (exact) mass is 480 g/mol. The van der Waals surface area contributed by atoms with Crippen molar-refractivity contribution in [1.29, 1.82) is 0 Å². The van der Waals surface area contributed by atoms with Gasteiger partial charge in [-0.25, -0.2) is 4.98 Å². The number of aryl methyl sites for hydroxylation is 1. The fourth-order valence-corrected chi connectivity index (χ4v) is 4.81. The number of carbonyl (C=O) groups excluding carboxylic acids is 2. The molecule has 176 valence electrons. The Balaban J connectivity index is 1.18. The zero-order valence-corrected chi connectivity index (χ0v) is 19.5. The minimum atomic E-state index is -0.682. The number of rotatable bonds is 5. The number of pyridine rings is 1. The van der Waals surface area contributed by atoms with Crippen LogP contribution < -0.4 is 9.47 Å². The van der Waals surface area contributed by atoms with Crippen LogP contribution in [0.4, 0.5) is 0 Å². The number of thioether (sulfide) groups is 1. The maximum Gasteiger partial charge on any atom is 0.267 e. The van der Waals surface area contributed by atoms with E-state index in [0.717, 1.165) is 11.5 Å². The molecule has 5 rings (SSSR count). The van der Waals surface area contributed by atoms with Crippen molar-refractivity contribution in [2.24, 2.45) is 0 Å². The lowest BCUT2D eigenvalue weighted by molar-refractivity contribution is -0.142. The molecule has 1 atom stereocenters. The molecule has 0 saturated carbocycles. The van der Waals surface area contributed by atoms with Gasteiger partial charge in [0.1, 0.15) is 17.4 Å². The predicted molar refractivity (Wildman–Crippen MR) is 124 cm³/mol. The predicted octanol–water partition coefficient (Wildman–Crippen LogP) is 2.79. The van der Waals surface area contributed by atoms with Gasteiger partial charge in [0.2, 0.25) is 6.10 Å². The first-order valence-electron chi connectivity index (χ1n) is 11.0. The molecule has 0 radical (unpaired) electrons. The van der Waals surface area contributed by atoms with Gasteiger partial charge in [0.15, 0.2) is 11.5 Å². The maximum atomic E-state index is 13.2. The second-order valence-electron chi connectivity index (χ2n) is 8.06. The summed E-state index contributed by atoms with van der Waals surface area (Å²) in [4.78, 5) is 34.1. The van der Waals surface area contributed by atoms with Gasteiger partial charge in [-0.15, -0.1) is 0 Å². The first kappa shape index (κ1) is 22.3. The molecule has 3 aromatic rings. The molecule has 1 aromatic carbocycles. The molecule has 0 N–H and O–H groups in total. The highest BCUT2D eigenvalue weighted by molar-refractivity contribution is 7.98. The standard InChI is InChI=1S/C24H24N4O5S/c1-16-13-17(26-33-16)15-34-22-18(5-4-8-25-22)23(29)27-9-11-28(12-10-27)24(30)21-14-31-19-6-2-3-7-20(19)32-21/h2-8,13,21H,9-12,14-15H2,1H3/t21-/m0/s1. The smallest absolute Gasteiger partial charge is 0.267 e. The van der Waals surface area contributed by atoms with E-state index in [9.17, 15) is 9.59 Å². The number of nitrogens with zero attached hydrogens (tertiary/aromatic N) is 4. The fourth-order valence-electron chi connectivity index (χ4n) is 3.94. The van der Waals surface area contributed by atoms with E-state index in [-0.39, 0.29) is 18.4 Å². The minimum absolute atomic E-state index is 0.0924. The van der Waals surface area contributed by atoms with Crippen molar-refractivity contribution in [1.82, 2.24) is 19.9 Å². The maximum absolute atomic E-state index is 13.2. The van der Waals surface area contributed by atoms with E-state index in [1.165, 1.54) is 11.8 Å². The largest absolute Gasteiger partial charge is 0.485 e. The lowest BCUT2D eigenvalue weighted by Crippen LogP contribution is -2.55. The number of fused-ring (bicyclic) bond motifs is 1. The lowest BCUT2D eigenvalue weighted by atomic mass is 10.2. The van der Waals surface area contributed by atoms with Crippen LogP contribution >= 0.6 is 11.8 Å². The number of ether oxygens (including phenoxy) is 2. The number of hydrogen-bond donors (Lipinski definition) is 0. The van der Waals surface area contributed by atoms with E-state index in [1.807, 2.05) is 31.2 Å². The summed E-state index contributed by atoms with van der Waals surface area (Å²) >= 11 is 1.45. The summed E-state index contributed by atoms with van der Waals surface area (Å²) in [5.74, 6) is 2.31. The topological polar surface area (TPSA) is 98.0 Å². The molecule has 0 spiro atoms. The number of aromatic nitrogens is 2. The normalized spacial score (nSPS) is 17.5. The molecule has 0 aliphatic carbocycles. The Hall–Kier alpha value is -3.53. The molecule has 9 nitrogen and oxygen atoms in total. The highest BCUT2D eigenvalue weighted by Gasteiger charge is 2.34. The highest BCUT2D eigenvalue weighted by Crippen LogP contribution is 2.31. The fraction of sp³-hybridized carbons (Fsp3) is 0.333. The summed E-state index contributed by atoms with van der Waals surface area (Å²) in [7, 11) is 0. The third kappa shape index (κ3) is 4.72. The van der Waals surface area contributed by atoms with Gasteiger partial charge < -0.3 is 23.8 Å². The van der Waals surface area contributed by atoms with Gasteiger partial charge in [0.25, 0.3) is 11.8 Å². The van der Waals surface area contributed by atoms with Crippen molar-refractivity contribution in [2.45, 2.75) is 23.8 Å². The number of piperazine rings is 1. The van der Waals surface area contributed by atoms with Crippen LogP contribution in [0, 0.1) is 6.92 Å². The summed E-state index contributed by atoms with van der Waals surface area (Å²) in [6.45, 7) is 3.77. The average molecular weight is 481 g/mol. The number of benzene rings is 1. The molecular formula is C24H24N4O5S. The Bertz CT molecular complexity index is 1190.